The largest absolute Gasteiger partial charge is 0.529 e. The van der Waals surface area contributed by atoms with Crippen LogP contribution in [0.4, 0.5) is 5.82 Å². The topological polar surface area (TPSA) is 192 Å². The Bertz CT molecular complexity index is 919. The molecule has 0 aromatic carbocycles. The van der Waals surface area contributed by atoms with E-state index in [4.69, 9.17) is 10.5 Å². The molecule has 2 aromatic rings. The van der Waals surface area contributed by atoms with Crippen LogP contribution >= 0.6 is 7.82 Å². The molecule has 5 atom stereocenters. The van der Waals surface area contributed by atoms with Gasteiger partial charge in [0.25, 0.3) is 0 Å². The van der Waals surface area contributed by atoms with Crippen LogP contribution in [-0.2, 0) is 23.1 Å². The van der Waals surface area contributed by atoms with Gasteiger partial charge in [0.05, 0.1) is 12.9 Å². The summed E-state index contributed by atoms with van der Waals surface area (Å²) in [5, 5.41) is 20.4. The van der Waals surface area contributed by atoms with Crippen LogP contribution in [0.1, 0.15) is 6.23 Å². The standard InChI is InChI=1S/C13H16N5O8P/c1-2-7(19)26-27(22,23)24-3-6-9(20)10(21)13(25-6)18-5-17-8-11(14)15-4-16-12(8)18/h2,4-6,9-10,13,20-21H,1,3H2,(H,22,23)(H2,14,15,16)/t6-,9-,10-,13-/m1/s1. The zero-order valence-electron chi connectivity index (χ0n) is 13.7. The fraction of sp³-hybridized carbons (Fsp3) is 0.385. The Labute approximate surface area is 151 Å². The lowest BCUT2D eigenvalue weighted by molar-refractivity contribution is -0.130. The van der Waals surface area contributed by atoms with Crippen molar-refractivity contribution >= 4 is 30.8 Å². The fourth-order valence-electron chi connectivity index (χ4n) is 2.50. The number of nitrogen functional groups attached to an aromatic ring is 1. The molecule has 0 amide bonds. The number of hydrogen-bond donors (Lipinski definition) is 4. The van der Waals surface area contributed by atoms with Crippen molar-refractivity contribution in [1.29, 1.82) is 0 Å². The van der Waals surface area contributed by atoms with Crippen molar-refractivity contribution in [2.45, 2.75) is 24.5 Å². The van der Waals surface area contributed by atoms with E-state index in [1.165, 1.54) is 17.2 Å². The number of anilines is 1. The van der Waals surface area contributed by atoms with E-state index in [9.17, 15) is 24.5 Å². The Morgan fingerprint density at radius 2 is 2.15 bits per heavy atom. The summed E-state index contributed by atoms with van der Waals surface area (Å²) in [5.74, 6) is -1.04. The summed E-state index contributed by atoms with van der Waals surface area (Å²) < 4.78 is 27.3. The monoisotopic (exact) mass is 401 g/mol. The molecule has 1 unspecified atom stereocenters. The number of nitrogens with two attached hydrogens (primary N) is 1. The Morgan fingerprint density at radius 1 is 1.41 bits per heavy atom. The molecule has 1 fully saturated rings. The maximum atomic E-state index is 11.6. The van der Waals surface area contributed by atoms with Gasteiger partial charge < -0.3 is 25.2 Å². The molecule has 0 aliphatic carbocycles. The van der Waals surface area contributed by atoms with Crippen LogP contribution in [0.3, 0.4) is 0 Å². The van der Waals surface area contributed by atoms with E-state index in [-0.39, 0.29) is 17.0 Å². The van der Waals surface area contributed by atoms with Crippen molar-refractivity contribution in [2.75, 3.05) is 12.3 Å². The molecule has 1 aliphatic heterocycles. The number of rotatable bonds is 6. The van der Waals surface area contributed by atoms with Crippen LogP contribution in [0.15, 0.2) is 25.3 Å². The van der Waals surface area contributed by atoms with Crippen LogP contribution in [0.25, 0.3) is 11.2 Å². The average molecular weight is 401 g/mol. The summed E-state index contributed by atoms with van der Waals surface area (Å²) in [7, 11) is -4.74. The number of phosphoric acid groups is 1. The summed E-state index contributed by atoms with van der Waals surface area (Å²) in [5.41, 5.74) is 6.23. The summed E-state index contributed by atoms with van der Waals surface area (Å²) in [6.07, 6.45) is -2.05. The van der Waals surface area contributed by atoms with Gasteiger partial charge in [-0.3, -0.25) is 14.0 Å². The van der Waals surface area contributed by atoms with Crippen LogP contribution < -0.4 is 5.73 Å². The molecule has 13 nitrogen and oxygen atoms in total. The van der Waals surface area contributed by atoms with Crippen LogP contribution in [0, 0.1) is 0 Å². The first-order chi connectivity index (χ1) is 12.7. The normalized spacial score (nSPS) is 27.4. The second-order valence-electron chi connectivity index (χ2n) is 5.51. The van der Waals surface area contributed by atoms with Crippen molar-refractivity contribution in [3.8, 4) is 0 Å². The summed E-state index contributed by atoms with van der Waals surface area (Å²) in [6.45, 7) is 2.44. The van der Waals surface area contributed by atoms with Crippen LogP contribution in [0.5, 0.6) is 0 Å². The van der Waals surface area contributed by atoms with Crippen molar-refractivity contribution in [2.24, 2.45) is 0 Å². The summed E-state index contributed by atoms with van der Waals surface area (Å²) >= 11 is 0. The number of nitrogens with zero attached hydrogens (tertiary/aromatic N) is 4. The molecule has 14 heteroatoms. The van der Waals surface area contributed by atoms with Gasteiger partial charge in [-0.2, -0.15) is 0 Å². The van der Waals surface area contributed by atoms with Gasteiger partial charge in [-0.1, -0.05) is 6.58 Å². The molecule has 5 N–H and O–H groups in total. The highest BCUT2D eigenvalue weighted by Crippen LogP contribution is 2.44. The number of fused-ring (bicyclic) bond motifs is 1. The number of imidazole rings is 1. The second kappa shape index (κ2) is 7.31. The third-order valence-corrected chi connectivity index (χ3v) is 4.66. The first-order valence-electron chi connectivity index (χ1n) is 7.51. The number of aliphatic hydroxyl groups is 2. The lowest BCUT2D eigenvalue weighted by Crippen LogP contribution is -2.33. The molecular formula is C13H16N5O8P. The Kier molecular flexibility index (Phi) is 5.24. The lowest BCUT2D eigenvalue weighted by atomic mass is 10.1. The van der Waals surface area contributed by atoms with E-state index in [1.54, 1.807) is 0 Å². The summed E-state index contributed by atoms with van der Waals surface area (Å²) in [4.78, 5) is 32.3. The molecule has 0 saturated carbocycles. The number of carbonyl (C=O) groups excluding carboxylic acids is 1. The predicted molar refractivity (Wildman–Crippen MR) is 87.7 cm³/mol. The van der Waals surface area contributed by atoms with Gasteiger partial charge in [0.15, 0.2) is 17.7 Å². The molecule has 3 heterocycles. The van der Waals surface area contributed by atoms with Crippen molar-refractivity contribution in [3.63, 3.8) is 0 Å². The zero-order chi connectivity index (χ0) is 19.8. The highest BCUT2D eigenvalue weighted by molar-refractivity contribution is 7.48. The van der Waals surface area contributed by atoms with E-state index in [0.29, 0.717) is 6.08 Å². The van der Waals surface area contributed by atoms with E-state index < -0.39 is 44.9 Å². The Balaban J connectivity index is 1.74. The van der Waals surface area contributed by atoms with Gasteiger partial charge in [0, 0.05) is 6.08 Å². The van der Waals surface area contributed by atoms with Crippen LogP contribution in [-0.4, -0.2) is 65.5 Å². The number of phosphoric ester groups is 1. The first kappa shape index (κ1) is 19.4. The summed E-state index contributed by atoms with van der Waals surface area (Å²) in [6, 6.07) is 0. The molecular weight excluding hydrogens is 385 g/mol. The third-order valence-electron chi connectivity index (χ3n) is 3.77. The van der Waals surface area contributed by atoms with Gasteiger partial charge in [-0.25, -0.2) is 24.3 Å². The molecule has 1 saturated heterocycles. The minimum Gasteiger partial charge on any atom is -0.387 e. The van der Waals surface area contributed by atoms with E-state index >= 15 is 0 Å². The molecule has 0 radical (unpaired) electrons. The van der Waals surface area contributed by atoms with E-state index in [0.717, 1.165) is 0 Å². The molecule has 3 rings (SSSR count). The van der Waals surface area contributed by atoms with Crippen LogP contribution in [0.2, 0.25) is 0 Å². The maximum Gasteiger partial charge on any atom is 0.529 e. The van der Waals surface area contributed by atoms with Gasteiger partial charge in [0.1, 0.15) is 30.2 Å². The zero-order valence-corrected chi connectivity index (χ0v) is 14.5. The smallest absolute Gasteiger partial charge is 0.387 e. The molecule has 2 aromatic heterocycles. The lowest BCUT2D eigenvalue weighted by Gasteiger charge is -2.17. The second-order valence-corrected chi connectivity index (χ2v) is 6.89. The fourth-order valence-corrected chi connectivity index (χ4v) is 3.19. The quantitative estimate of drug-likeness (QED) is 0.337. The number of ether oxygens (including phenoxy) is 1. The number of aromatic nitrogens is 4. The van der Waals surface area contributed by atoms with Gasteiger partial charge >= 0.3 is 13.8 Å². The molecule has 1 aliphatic rings. The van der Waals surface area contributed by atoms with Gasteiger partial charge in [0.2, 0.25) is 0 Å². The first-order valence-corrected chi connectivity index (χ1v) is 9.01. The van der Waals surface area contributed by atoms with Crippen molar-refractivity contribution in [1.82, 2.24) is 19.5 Å². The maximum absolute atomic E-state index is 11.6. The highest BCUT2D eigenvalue weighted by Gasteiger charge is 2.45. The molecule has 0 bridgehead atoms. The molecule has 27 heavy (non-hydrogen) atoms. The number of carbonyl (C=O) groups is 1. The minimum atomic E-state index is -4.74. The van der Waals surface area contributed by atoms with Crippen molar-refractivity contribution in [3.05, 3.63) is 25.3 Å². The van der Waals surface area contributed by atoms with E-state index in [2.05, 4.69) is 30.6 Å². The van der Waals surface area contributed by atoms with Gasteiger partial charge in [-0.15, -0.1) is 0 Å². The van der Waals surface area contributed by atoms with Gasteiger partial charge in [-0.05, 0) is 0 Å². The Hall–Kier alpha value is -2.41. The predicted octanol–water partition coefficient (Wildman–Crippen LogP) is -1.13. The SMILES string of the molecule is C=CC(=O)OP(=O)(O)OC[C@H]1O[C@@H](n2cnc3c(N)ncnc32)[C@H](O)[C@@H]1O. The average Bonchev–Trinajstić information content (AvgIpc) is 3.16. The molecule has 146 valence electrons. The molecule has 0 spiro atoms. The number of aliphatic hydroxyl groups excluding tert-OH is 2. The number of hydrogen-bond acceptors (Lipinski definition) is 11. The highest BCUT2D eigenvalue weighted by atomic mass is 31.2. The van der Waals surface area contributed by atoms with Crippen molar-refractivity contribution < 1.29 is 38.3 Å². The third kappa shape index (κ3) is 3.83. The Morgan fingerprint density at radius 3 is 2.85 bits per heavy atom. The van der Waals surface area contributed by atoms with E-state index in [1.807, 2.05) is 0 Å². The minimum absolute atomic E-state index is 0.122.